The number of aliphatic hydroxyl groups is 2. The van der Waals surface area contributed by atoms with Crippen molar-refractivity contribution >= 4 is 5.97 Å². The minimum Gasteiger partial charge on any atom is -0.462 e. The van der Waals surface area contributed by atoms with Crippen LogP contribution in [0.2, 0.25) is 0 Å². The Morgan fingerprint density at radius 1 is 1.10 bits per heavy atom. The zero-order chi connectivity index (χ0) is 21.7. The van der Waals surface area contributed by atoms with Crippen molar-refractivity contribution in [2.75, 3.05) is 19.8 Å². The number of carbonyl (C=O) groups is 1. The van der Waals surface area contributed by atoms with E-state index in [0.29, 0.717) is 19.1 Å². The Morgan fingerprint density at radius 2 is 1.77 bits per heavy atom. The molecule has 6 nitrogen and oxygen atoms in total. The molecule has 2 N–H and O–H groups in total. The van der Waals surface area contributed by atoms with E-state index in [1.807, 2.05) is 0 Å². The molecule has 3 unspecified atom stereocenters. The van der Waals surface area contributed by atoms with Gasteiger partial charge in [0.25, 0.3) is 0 Å². The predicted molar refractivity (Wildman–Crippen MR) is 111 cm³/mol. The third kappa shape index (κ3) is 3.33. The highest BCUT2D eigenvalue weighted by atomic mass is 16.7. The van der Waals surface area contributed by atoms with E-state index in [1.165, 1.54) is 6.92 Å². The molecule has 0 aromatic carbocycles. The maximum Gasteiger partial charge on any atom is 0.302 e. The van der Waals surface area contributed by atoms with E-state index in [0.717, 1.165) is 44.9 Å². The number of ether oxygens (including phenoxy) is 3. The quantitative estimate of drug-likeness (QED) is 0.674. The first-order valence-electron chi connectivity index (χ1n) is 11.9. The maximum atomic E-state index is 12.2. The van der Waals surface area contributed by atoms with Gasteiger partial charge in [-0.2, -0.15) is 0 Å². The lowest BCUT2D eigenvalue weighted by Gasteiger charge is -2.58. The zero-order valence-corrected chi connectivity index (χ0v) is 19.1. The summed E-state index contributed by atoms with van der Waals surface area (Å²) in [5.74, 6) is 0.0902. The van der Waals surface area contributed by atoms with Crippen LogP contribution in [0.1, 0.15) is 72.6 Å². The van der Waals surface area contributed by atoms with E-state index in [-0.39, 0.29) is 47.3 Å². The van der Waals surface area contributed by atoms with Crippen molar-refractivity contribution in [1.29, 1.82) is 0 Å². The molecule has 1 aliphatic heterocycles. The molecule has 0 aromatic rings. The Morgan fingerprint density at radius 3 is 2.40 bits per heavy atom. The molecule has 0 aromatic heterocycles. The first kappa shape index (κ1) is 22.5. The smallest absolute Gasteiger partial charge is 0.302 e. The van der Waals surface area contributed by atoms with E-state index < -0.39 is 11.9 Å². The third-order valence-corrected chi connectivity index (χ3v) is 9.47. The molecule has 0 bridgehead atoms. The third-order valence-electron chi connectivity index (χ3n) is 9.47. The second-order valence-corrected chi connectivity index (χ2v) is 11.0. The first-order chi connectivity index (χ1) is 14.2. The zero-order valence-electron chi connectivity index (χ0n) is 19.1. The number of hydrogen-bond acceptors (Lipinski definition) is 6. The molecular weight excluding hydrogens is 384 g/mol. The van der Waals surface area contributed by atoms with Crippen LogP contribution in [0.25, 0.3) is 0 Å². The van der Waals surface area contributed by atoms with Crippen LogP contribution < -0.4 is 0 Å². The van der Waals surface area contributed by atoms with Gasteiger partial charge >= 0.3 is 5.97 Å². The van der Waals surface area contributed by atoms with Gasteiger partial charge in [-0.1, -0.05) is 27.2 Å². The highest BCUT2D eigenvalue weighted by molar-refractivity contribution is 5.66. The molecule has 1 spiro atoms. The Bertz CT molecular complexity index is 646. The fourth-order valence-corrected chi connectivity index (χ4v) is 7.77. The van der Waals surface area contributed by atoms with Crippen LogP contribution in [0.5, 0.6) is 0 Å². The fourth-order valence-electron chi connectivity index (χ4n) is 7.77. The van der Waals surface area contributed by atoms with Crippen LogP contribution >= 0.6 is 0 Å². The van der Waals surface area contributed by atoms with Crippen molar-refractivity contribution in [3.63, 3.8) is 0 Å². The summed E-state index contributed by atoms with van der Waals surface area (Å²) in [6.45, 7) is 9.29. The summed E-state index contributed by atoms with van der Waals surface area (Å²) in [6, 6.07) is 0. The van der Waals surface area contributed by atoms with E-state index in [9.17, 15) is 15.0 Å². The molecule has 30 heavy (non-hydrogen) atoms. The molecule has 4 fully saturated rings. The van der Waals surface area contributed by atoms with Gasteiger partial charge in [0, 0.05) is 30.6 Å². The Kier molecular flexibility index (Phi) is 6.02. The summed E-state index contributed by atoms with van der Waals surface area (Å²) in [4.78, 5) is 12.2. The van der Waals surface area contributed by atoms with Gasteiger partial charge in [-0.25, -0.2) is 0 Å². The molecule has 172 valence electrons. The van der Waals surface area contributed by atoms with Gasteiger partial charge in [0.2, 0.25) is 0 Å². The minimum atomic E-state index is -0.736. The highest BCUT2D eigenvalue weighted by Gasteiger charge is 2.67. The van der Waals surface area contributed by atoms with Crippen LogP contribution in [-0.2, 0) is 19.0 Å². The van der Waals surface area contributed by atoms with Crippen molar-refractivity contribution in [3.8, 4) is 0 Å². The highest BCUT2D eigenvalue weighted by Crippen LogP contribution is 2.65. The summed E-state index contributed by atoms with van der Waals surface area (Å²) in [7, 11) is 0. The number of fused-ring (bicyclic) bond motifs is 2. The average molecular weight is 425 g/mol. The molecule has 4 aliphatic rings. The molecule has 6 heteroatoms. The maximum absolute atomic E-state index is 12.2. The summed E-state index contributed by atoms with van der Waals surface area (Å²) in [5, 5.41) is 20.5. The topological polar surface area (TPSA) is 85.2 Å². The lowest BCUT2D eigenvalue weighted by molar-refractivity contribution is -0.253. The normalized spacial score (nSPS) is 46.5. The molecular formula is C24H40O6. The number of hydrogen-bond donors (Lipinski definition) is 2. The van der Waals surface area contributed by atoms with E-state index in [1.54, 1.807) is 0 Å². The largest absolute Gasteiger partial charge is 0.462 e. The lowest BCUT2D eigenvalue weighted by Crippen LogP contribution is -2.59. The van der Waals surface area contributed by atoms with Crippen LogP contribution in [0.3, 0.4) is 0 Å². The predicted octanol–water partition coefficient (Wildman–Crippen LogP) is 3.28. The van der Waals surface area contributed by atoms with Crippen molar-refractivity contribution < 1.29 is 29.2 Å². The van der Waals surface area contributed by atoms with E-state index >= 15 is 0 Å². The number of aliphatic hydroxyl groups excluding tert-OH is 2. The van der Waals surface area contributed by atoms with E-state index in [2.05, 4.69) is 20.8 Å². The number of carbonyl (C=O) groups excluding carboxylic acids is 1. The minimum absolute atomic E-state index is 0.00741. The SMILES string of the molecule is CC(=O)O[C@H]1C2CCC3(OCCO3)[C@@]2(C)CCC1[C@@]1(C)CC[C@H](C)C[C@@H]1C(O)CO. The summed E-state index contributed by atoms with van der Waals surface area (Å²) >= 11 is 0. The van der Waals surface area contributed by atoms with Crippen molar-refractivity contribution in [2.24, 2.45) is 34.5 Å². The second-order valence-electron chi connectivity index (χ2n) is 11.0. The molecule has 1 saturated heterocycles. The van der Waals surface area contributed by atoms with E-state index in [4.69, 9.17) is 14.2 Å². The van der Waals surface area contributed by atoms with Gasteiger partial charge in [0.1, 0.15) is 6.10 Å². The molecule has 3 aliphatic carbocycles. The van der Waals surface area contributed by atoms with Crippen LogP contribution in [0.4, 0.5) is 0 Å². The molecule has 3 saturated carbocycles. The first-order valence-corrected chi connectivity index (χ1v) is 11.9. The van der Waals surface area contributed by atoms with Gasteiger partial charge in [0.15, 0.2) is 5.79 Å². The monoisotopic (exact) mass is 424 g/mol. The molecule has 8 atom stereocenters. The van der Waals surface area contributed by atoms with Gasteiger partial charge < -0.3 is 24.4 Å². The summed E-state index contributed by atoms with van der Waals surface area (Å²) in [6.07, 6.45) is 5.69. The molecule has 0 radical (unpaired) electrons. The average Bonchev–Trinajstić information content (AvgIpc) is 3.29. The fraction of sp³-hybridized carbons (Fsp3) is 0.958. The Balaban J connectivity index is 1.69. The van der Waals surface area contributed by atoms with Crippen LogP contribution in [-0.4, -0.2) is 54.0 Å². The lowest BCUT2D eigenvalue weighted by atomic mass is 9.50. The van der Waals surface area contributed by atoms with Crippen LogP contribution in [0.15, 0.2) is 0 Å². The van der Waals surface area contributed by atoms with Gasteiger partial charge in [-0.15, -0.1) is 0 Å². The standard InChI is InChI=1S/C24H40O6/c1-15-5-8-22(3,19(13-15)20(27)14-25)17-6-9-23(4)18(21(17)30-16(2)26)7-10-24(23)28-11-12-29-24/h15,17-21,25,27H,5-14H2,1-4H3/t15-,17?,18?,19+,20?,21+,22+,23-/m0/s1. The van der Waals surface area contributed by atoms with Crippen molar-refractivity contribution in [2.45, 2.75) is 90.6 Å². The van der Waals surface area contributed by atoms with Crippen LogP contribution in [0, 0.1) is 34.5 Å². The summed E-state index contributed by atoms with van der Waals surface area (Å²) in [5.41, 5.74) is -0.354. The summed E-state index contributed by atoms with van der Waals surface area (Å²) < 4.78 is 18.5. The van der Waals surface area contributed by atoms with Gasteiger partial charge in [0.05, 0.1) is 25.9 Å². The Hall–Kier alpha value is -0.690. The van der Waals surface area contributed by atoms with Gasteiger partial charge in [-0.05, 0) is 49.4 Å². The molecule has 1 heterocycles. The number of esters is 1. The second kappa shape index (κ2) is 8.02. The van der Waals surface area contributed by atoms with Crippen molar-refractivity contribution in [3.05, 3.63) is 0 Å². The van der Waals surface area contributed by atoms with Crippen molar-refractivity contribution in [1.82, 2.24) is 0 Å². The molecule has 4 rings (SSSR count). The molecule has 0 amide bonds. The van der Waals surface area contributed by atoms with Gasteiger partial charge in [-0.3, -0.25) is 4.79 Å². The number of rotatable bonds is 4. The Labute approximate surface area is 180 Å².